The predicted molar refractivity (Wildman–Crippen MR) is 130 cm³/mol. The summed E-state index contributed by atoms with van der Waals surface area (Å²) in [6, 6.07) is 3.84. The van der Waals surface area contributed by atoms with Crippen molar-refractivity contribution in [3.8, 4) is 5.75 Å². The molecule has 194 valence electrons. The molecule has 0 bridgehead atoms. The number of aromatic hydroxyl groups is 1. The standard InChI is InChI=1S/C25H38N4O6/c1-5-6-15-27-22(32)21(16-7-11-18(30)12-8-16)29(17-9-10-17)23(33)19(13-14-20(26)31)28-24(34)35-25(2,3)4/h7-8,11-12,17,19,21,30H,5-6,9-10,13-15H2,1-4H3,(H2,26,31)(H,27,32)(H,28,34). The fourth-order valence-corrected chi connectivity index (χ4v) is 3.62. The Bertz CT molecular complexity index is 892. The van der Waals surface area contributed by atoms with E-state index in [9.17, 15) is 24.3 Å². The van der Waals surface area contributed by atoms with Crippen molar-refractivity contribution < 1.29 is 29.0 Å². The van der Waals surface area contributed by atoms with Crippen LogP contribution in [-0.2, 0) is 19.1 Å². The van der Waals surface area contributed by atoms with Crippen molar-refractivity contribution in [2.45, 2.75) is 89.9 Å². The first-order valence-electron chi connectivity index (χ1n) is 12.1. The molecule has 35 heavy (non-hydrogen) atoms. The Labute approximate surface area is 206 Å². The predicted octanol–water partition coefficient (Wildman–Crippen LogP) is 2.50. The average molecular weight is 491 g/mol. The van der Waals surface area contributed by atoms with Gasteiger partial charge in [-0.3, -0.25) is 14.4 Å². The SMILES string of the molecule is CCCCNC(=O)C(c1ccc(O)cc1)N(C(=O)C(CCC(N)=O)NC(=O)OC(C)(C)C)C1CC1. The van der Waals surface area contributed by atoms with Gasteiger partial charge in [0.2, 0.25) is 17.7 Å². The molecule has 0 aliphatic heterocycles. The smallest absolute Gasteiger partial charge is 0.408 e. The molecule has 1 aliphatic rings. The molecule has 2 atom stereocenters. The Balaban J connectivity index is 2.39. The first-order valence-corrected chi connectivity index (χ1v) is 12.1. The second-order valence-electron chi connectivity index (χ2n) is 9.82. The van der Waals surface area contributed by atoms with Gasteiger partial charge in [0.05, 0.1) is 0 Å². The van der Waals surface area contributed by atoms with Crippen molar-refractivity contribution in [2.24, 2.45) is 5.73 Å². The van der Waals surface area contributed by atoms with Gasteiger partial charge in [-0.25, -0.2) is 4.79 Å². The number of phenols is 1. The molecule has 1 saturated carbocycles. The Hall–Kier alpha value is -3.30. The molecule has 0 spiro atoms. The van der Waals surface area contributed by atoms with Crippen LogP contribution in [0.4, 0.5) is 4.79 Å². The van der Waals surface area contributed by atoms with Gasteiger partial charge in [0, 0.05) is 19.0 Å². The number of carbonyl (C=O) groups excluding carboxylic acids is 4. The van der Waals surface area contributed by atoms with E-state index in [4.69, 9.17) is 10.5 Å². The third kappa shape index (κ3) is 9.11. The molecule has 0 radical (unpaired) electrons. The Morgan fingerprint density at radius 3 is 2.31 bits per heavy atom. The fourth-order valence-electron chi connectivity index (χ4n) is 3.62. The number of ether oxygens (including phenoxy) is 1. The summed E-state index contributed by atoms with van der Waals surface area (Å²) in [6.45, 7) is 7.56. The van der Waals surface area contributed by atoms with Gasteiger partial charge < -0.3 is 31.1 Å². The van der Waals surface area contributed by atoms with Crippen molar-refractivity contribution in [3.05, 3.63) is 29.8 Å². The maximum atomic E-state index is 13.8. The number of phenolic OH excluding ortho intramolecular Hbond substituents is 1. The quantitative estimate of drug-likeness (QED) is 0.331. The minimum atomic E-state index is -1.11. The molecule has 0 heterocycles. The zero-order valence-electron chi connectivity index (χ0n) is 21.0. The van der Waals surface area contributed by atoms with E-state index in [0.717, 1.165) is 12.8 Å². The molecule has 4 amide bonds. The van der Waals surface area contributed by atoms with Crippen LogP contribution in [0.5, 0.6) is 5.75 Å². The van der Waals surface area contributed by atoms with E-state index in [-0.39, 0.29) is 30.5 Å². The number of hydrogen-bond acceptors (Lipinski definition) is 6. The molecule has 1 aromatic rings. The number of primary amides is 1. The van der Waals surface area contributed by atoms with Gasteiger partial charge in [-0.05, 0) is 64.2 Å². The summed E-state index contributed by atoms with van der Waals surface area (Å²) >= 11 is 0. The van der Waals surface area contributed by atoms with Crippen molar-refractivity contribution in [1.82, 2.24) is 15.5 Å². The van der Waals surface area contributed by atoms with E-state index < -0.39 is 35.6 Å². The monoisotopic (exact) mass is 490 g/mol. The zero-order chi connectivity index (χ0) is 26.2. The highest BCUT2D eigenvalue weighted by atomic mass is 16.6. The highest BCUT2D eigenvalue weighted by molar-refractivity contribution is 5.93. The average Bonchev–Trinajstić information content (AvgIpc) is 3.59. The minimum Gasteiger partial charge on any atom is -0.508 e. The molecule has 1 aliphatic carbocycles. The number of amides is 4. The number of nitrogens with one attached hydrogen (secondary N) is 2. The van der Waals surface area contributed by atoms with Crippen LogP contribution in [0.2, 0.25) is 0 Å². The fraction of sp³-hybridized carbons (Fsp3) is 0.600. The van der Waals surface area contributed by atoms with Gasteiger partial charge in [0.15, 0.2) is 0 Å². The van der Waals surface area contributed by atoms with Gasteiger partial charge >= 0.3 is 6.09 Å². The lowest BCUT2D eigenvalue weighted by atomic mass is 10.0. The molecule has 5 N–H and O–H groups in total. The van der Waals surface area contributed by atoms with E-state index >= 15 is 0 Å². The Kier molecular flexibility index (Phi) is 9.91. The summed E-state index contributed by atoms with van der Waals surface area (Å²) in [6.07, 6.45) is 2.13. The molecule has 1 fully saturated rings. The number of rotatable bonds is 12. The maximum Gasteiger partial charge on any atom is 0.408 e. The van der Waals surface area contributed by atoms with Crippen LogP contribution in [0.15, 0.2) is 24.3 Å². The Morgan fingerprint density at radius 1 is 1.17 bits per heavy atom. The topological polar surface area (TPSA) is 151 Å². The lowest BCUT2D eigenvalue weighted by Crippen LogP contribution is -2.54. The van der Waals surface area contributed by atoms with Crippen molar-refractivity contribution in [2.75, 3.05) is 6.54 Å². The van der Waals surface area contributed by atoms with E-state index in [1.54, 1.807) is 32.9 Å². The van der Waals surface area contributed by atoms with Crippen LogP contribution in [0.25, 0.3) is 0 Å². The highest BCUT2D eigenvalue weighted by Gasteiger charge is 2.44. The number of unbranched alkanes of at least 4 members (excludes halogenated alkanes) is 1. The van der Waals surface area contributed by atoms with Crippen LogP contribution in [-0.4, -0.2) is 58.1 Å². The number of carbonyl (C=O) groups is 4. The van der Waals surface area contributed by atoms with Gasteiger partial charge in [-0.1, -0.05) is 25.5 Å². The number of alkyl carbamates (subject to hydrolysis) is 1. The Morgan fingerprint density at radius 2 is 1.80 bits per heavy atom. The highest BCUT2D eigenvalue weighted by Crippen LogP contribution is 2.36. The van der Waals surface area contributed by atoms with Gasteiger partial charge in [0.1, 0.15) is 23.4 Å². The summed E-state index contributed by atoms with van der Waals surface area (Å²) < 4.78 is 5.31. The lowest BCUT2D eigenvalue weighted by molar-refractivity contribution is -0.143. The second-order valence-corrected chi connectivity index (χ2v) is 9.82. The molecule has 10 heteroatoms. The molecule has 2 unspecified atom stereocenters. The first kappa shape index (κ1) is 27.9. The van der Waals surface area contributed by atoms with Crippen LogP contribution in [0, 0.1) is 0 Å². The summed E-state index contributed by atoms with van der Waals surface area (Å²) in [4.78, 5) is 52.6. The van der Waals surface area contributed by atoms with E-state index in [2.05, 4.69) is 10.6 Å². The van der Waals surface area contributed by atoms with Crippen LogP contribution in [0.3, 0.4) is 0 Å². The third-order valence-electron chi connectivity index (χ3n) is 5.43. The molecule has 2 rings (SSSR count). The van der Waals surface area contributed by atoms with Crippen LogP contribution < -0.4 is 16.4 Å². The zero-order valence-corrected chi connectivity index (χ0v) is 21.0. The molecule has 1 aromatic carbocycles. The van der Waals surface area contributed by atoms with E-state index in [0.29, 0.717) is 24.9 Å². The number of benzene rings is 1. The maximum absolute atomic E-state index is 13.8. The van der Waals surface area contributed by atoms with Gasteiger partial charge in [0.25, 0.3) is 0 Å². The summed E-state index contributed by atoms with van der Waals surface area (Å²) in [5.41, 5.74) is 5.05. The van der Waals surface area contributed by atoms with Crippen molar-refractivity contribution in [1.29, 1.82) is 0 Å². The first-order chi connectivity index (χ1) is 16.4. The second kappa shape index (κ2) is 12.4. The minimum absolute atomic E-state index is 0.0314. The molecular weight excluding hydrogens is 452 g/mol. The number of nitrogens with zero attached hydrogens (tertiary/aromatic N) is 1. The summed E-state index contributed by atoms with van der Waals surface area (Å²) in [5.74, 6) is -1.42. The van der Waals surface area contributed by atoms with Crippen molar-refractivity contribution >= 4 is 23.8 Å². The van der Waals surface area contributed by atoms with Gasteiger partial charge in [-0.2, -0.15) is 0 Å². The van der Waals surface area contributed by atoms with Crippen LogP contribution in [0.1, 0.15) is 77.8 Å². The number of hydrogen-bond donors (Lipinski definition) is 4. The molecule has 10 nitrogen and oxygen atoms in total. The molecular formula is C25H38N4O6. The third-order valence-corrected chi connectivity index (χ3v) is 5.43. The molecule has 0 aromatic heterocycles. The lowest BCUT2D eigenvalue weighted by Gasteiger charge is -2.34. The van der Waals surface area contributed by atoms with Crippen molar-refractivity contribution in [3.63, 3.8) is 0 Å². The van der Waals surface area contributed by atoms with Crippen LogP contribution >= 0.6 is 0 Å². The van der Waals surface area contributed by atoms with E-state index in [1.807, 2.05) is 6.92 Å². The van der Waals surface area contributed by atoms with E-state index in [1.165, 1.54) is 17.0 Å². The summed E-state index contributed by atoms with van der Waals surface area (Å²) in [7, 11) is 0. The summed E-state index contributed by atoms with van der Waals surface area (Å²) in [5, 5.41) is 15.2. The normalized spacial score (nSPS) is 15.0. The largest absolute Gasteiger partial charge is 0.508 e. The van der Waals surface area contributed by atoms with Gasteiger partial charge in [-0.15, -0.1) is 0 Å². The number of nitrogens with two attached hydrogens (primary N) is 1. The molecule has 0 saturated heterocycles.